The molecule has 14 nitrogen and oxygen atoms in total. The molecule has 0 bridgehead atoms. The van der Waals surface area contributed by atoms with E-state index in [1.165, 1.54) is 44.2 Å². The number of aryl methyl sites for hydroxylation is 8. The van der Waals surface area contributed by atoms with E-state index in [9.17, 15) is 6.57 Å². The number of benzene rings is 18. The summed E-state index contributed by atoms with van der Waals surface area (Å²) in [6.07, 6.45) is 0.643. The van der Waals surface area contributed by atoms with Crippen molar-refractivity contribution in [2.75, 3.05) is 0 Å². The number of fused-ring (bicyclic) bond motifs is 18. The standard InChI is InChI=1S/C80H62N8.C47H30N6/c1-46-20-28-66-56(36-46)57-37-47(2)21-29-67(57)85(66)45-65-75(81-9)78(88-72-34-26-52(7)42-62(72)63-43-53(8)27-35-73(63)88)77(87-70-32-24-50(5)40-60(70)61-41-51(6)25-33-71(61)87)64(76(65)86-68-30-22-48(3)38-58(68)59-39-49(4)23-31-69(59)86)44-74-82-79(54-16-12-10-13-17-54)84-80(83-74)55-18-14-11-15-19-55;1-48-38-30-43(52-39-24-12-8-20-34(39)35-21-9-13-25-40(35)52)33(28-44(38)53-41-26-14-10-22-36(41)37-23-11-15-27-42(37)53)29-45-49-46(31-16-4-2-5-17-31)51-47(50-45)32-18-6-3-7-19-32/h10-43H,44-45H2,1-8H3;2-28,30H,29H2. The van der Waals surface area contributed by atoms with E-state index in [0.717, 1.165) is 199 Å². The Kier molecular flexibility index (Phi) is 20.3. The predicted octanol–water partition coefficient (Wildman–Crippen LogP) is 31.8. The van der Waals surface area contributed by atoms with Gasteiger partial charge in [0.05, 0.1) is 85.4 Å². The maximum absolute atomic E-state index is 10.2. The number of rotatable bonds is 15. The predicted molar refractivity (Wildman–Crippen MR) is 581 cm³/mol. The molecule has 0 radical (unpaired) electrons. The second-order valence-electron chi connectivity index (χ2n) is 37.7. The largest absolute Gasteiger partial charge is 0.337 e. The first-order valence-electron chi connectivity index (χ1n) is 48.0. The van der Waals surface area contributed by atoms with Crippen LogP contribution in [0.3, 0.4) is 0 Å². The van der Waals surface area contributed by atoms with Crippen molar-refractivity contribution in [3.05, 3.63) is 472 Å². The zero-order valence-electron chi connectivity index (χ0n) is 79.2. The van der Waals surface area contributed by atoms with Gasteiger partial charge in [-0.1, -0.05) is 287 Å². The summed E-state index contributed by atoms with van der Waals surface area (Å²) < 4.78 is 14.4. The van der Waals surface area contributed by atoms with Crippen LogP contribution >= 0.6 is 0 Å². The van der Waals surface area contributed by atoms with Crippen molar-refractivity contribution in [2.45, 2.75) is 74.8 Å². The topological polar surface area (TPSA) is 116 Å². The number of hydrogen-bond donors (Lipinski definition) is 0. The Morgan fingerprint density at radius 2 is 0.489 bits per heavy atom. The minimum absolute atomic E-state index is 0.240. The summed E-state index contributed by atoms with van der Waals surface area (Å²) in [7, 11) is 0. The van der Waals surface area contributed by atoms with Crippen LogP contribution in [0.2, 0.25) is 0 Å². The van der Waals surface area contributed by atoms with Crippen molar-refractivity contribution >= 4 is 142 Å². The van der Waals surface area contributed by atoms with Crippen molar-refractivity contribution in [3.8, 4) is 74.0 Å². The summed E-state index contributed by atoms with van der Waals surface area (Å²) in [5.74, 6) is 3.64. The third-order valence-corrected chi connectivity index (χ3v) is 28.2. The molecule has 0 spiro atoms. The highest BCUT2D eigenvalue weighted by atomic mass is 15.1. The average molecular weight is 1810 g/mol. The van der Waals surface area contributed by atoms with Gasteiger partial charge in [-0.15, -0.1) is 0 Å². The Hall–Kier alpha value is -18.2. The molecule has 0 saturated heterocycles. The molecule has 0 aliphatic rings. The lowest BCUT2D eigenvalue weighted by molar-refractivity contribution is 0.848. The molecule has 670 valence electrons. The minimum Gasteiger partial charge on any atom is -0.337 e. The van der Waals surface area contributed by atoms with E-state index in [1.54, 1.807) is 0 Å². The van der Waals surface area contributed by atoms with Crippen LogP contribution in [-0.4, -0.2) is 57.3 Å². The van der Waals surface area contributed by atoms with Gasteiger partial charge in [-0.05, 0) is 194 Å². The van der Waals surface area contributed by atoms with E-state index < -0.39 is 0 Å². The van der Waals surface area contributed by atoms with Crippen LogP contribution in [0.1, 0.15) is 72.8 Å². The number of nitrogens with zero attached hydrogens (tertiary/aromatic N) is 14. The summed E-state index contributed by atoms with van der Waals surface area (Å²) in [5, 5.41) is 13.8. The molecule has 14 heteroatoms. The molecule has 141 heavy (non-hydrogen) atoms. The van der Waals surface area contributed by atoms with Gasteiger partial charge in [0.2, 0.25) is 11.4 Å². The Bertz CT molecular complexity index is 9320. The maximum atomic E-state index is 10.2. The average Bonchev–Trinajstić information content (AvgIpc) is 1.54. The zero-order valence-corrected chi connectivity index (χ0v) is 79.2. The molecular formula is C127H92N14. The van der Waals surface area contributed by atoms with Crippen LogP contribution < -0.4 is 0 Å². The van der Waals surface area contributed by atoms with E-state index in [1.807, 2.05) is 97.1 Å². The van der Waals surface area contributed by atoms with E-state index in [2.05, 4.69) is 367 Å². The monoisotopic (exact) mass is 1810 g/mol. The normalized spacial score (nSPS) is 11.8. The number of hydrogen-bond acceptors (Lipinski definition) is 6. The van der Waals surface area contributed by atoms with Crippen molar-refractivity contribution in [1.82, 2.24) is 57.3 Å². The van der Waals surface area contributed by atoms with Crippen molar-refractivity contribution < 1.29 is 0 Å². The van der Waals surface area contributed by atoms with Crippen LogP contribution in [0, 0.1) is 68.5 Å². The zero-order chi connectivity index (χ0) is 95.1. The lowest BCUT2D eigenvalue weighted by Gasteiger charge is -2.29. The fourth-order valence-electron chi connectivity index (χ4n) is 21.9. The SMILES string of the molecule is [C-]#[N+]c1c(Cn2c3ccc(C)cc3c3cc(C)ccc32)c(-n2c3ccc(C)cc3c3cc(C)ccc32)c(Cc2nc(-c3ccccc3)nc(-c3ccccc3)n2)c(-n2c3ccc(C)cc3c3cc(C)ccc32)c1-n1c2ccc(C)cc2c2cc(C)ccc21.[C-]#[N+]c1cc(-n2c3ccccc3c3ccccc32)c(Cc2nc(-c3ccccc3)nc(-c3ccccc3)n2)cc1-n1c2ccccc2c2ccccc21. The van der Waals surface area contributed by atoms with Gasteiger partial charge in [0, 0.05) is 140 Å². The summed E-state index contributed by atoms with van der Waals surface area (Å²) in [6.45, 7) is 36.6. The quantitative estimate of drug-likeness (QED) is 0.0944. The maximum Gasteiger partial charge on any atom is 0.219 e. The van der Waals surface area contributed by atoms with Gasteiger partial charge in [0.15, 0.2) is 23.3 Å². The minimum atomic E-state index is 0.240. The van der Waals surface area contributed by atoms with Crippen molar-refractivity contribution in [2.24, 2.45) is 0 Å². The van der Waals surface area contributed by atoms with Gasteiger partial charge in [0.1, 0.15) is 11.6 Å². The first-order chi connectivity index (χ1) is 69.1. The molecule has 26 aromatic rings. The van der Waals surface area contributed by atoms with Crippen molar-refractivity contribution in [3.63, 3.8) is 0 Å². The molecule has 18 aromatic carbocycles. The van der Waals surface area contributed by atoms with Gasteiger partial charge in [-0.25, -0.2) is 39.6 Å². The van der Waals surface area contributed by atoms with E-state index in [-0.39, 0.29) is 6.42 Å². The molecule has 8 heterocycles. The van der Waals surface area contributed by atoms with Gasteiger partial charge < -0.3 is 27.4 Å². The Balaban J connectivity index is 0.000000168. The van der Waals surface area contributed by atoms with Crippen LogP contribution in [-0.2, 0) is 19.4 Å². The molecule has 0 atom stereocenters. The second kappa shape index (κ2) is 33.9. The van der Waals surface area contributed by atoms with Gasteiger partial charge in [-0.3, -0.25) is 0 Å². The summed E-state index contributed by atoms with van der Waals surface area (Å²) in [6, 6.07) is 133. The molecule has 0 fully saturated rings. The van der Waals surface area contributed by atoms with E-state index in [0.29, 0.717) is 59.3 Å². The lowest BCUT2D eigenvalue weighted by Crippen LogP contribution is -2.17. The Morgan fingerprint density at radius 3 is 0.809 bits per heavy atom. The fraction of sp³-hybridized carbons (Fsp3) is 0.0866. The first kappa shape index (κ1) is 84.5. The van der Waals surface area contributed by atoms with Gasteiger partial charge in [0.25, 0.3) is 0 Å². The molecule has 0 saturated carbocycles. The molecule has 0 N–H and O–H groups in total. The Labute approximate surface area is 814 Å². The molecule has 0 unspecified atom stereocenters. The fourth-order valence-corrected chi connectivity index (χ4v) is 21.9. The van der Waals surface area contributed by atoms with E-state index >= 15 is 0 Å². The second-order valence-corrected chi connectivity index (χ2v) is 37.7. The highest BCUT2D eigenvalue weighted by Crippen LogP contribution is 2.53. The van der Waals surface area contributed by atoms with Gasteiger partial charge >= 0.3 is 0 Å². The summed E-state index contributed by atoms with van der Waals surface area (Å²) >= 11 is 0. The van der Waals surface area contributed by atoms with Crippen LogP contribution in [0.4, 0.5) is 11.4 Å². The first-order valence-corrected chi connectivity index (χ1v) is 48.0. The van der Waals surface area contributed by atoms with Gasteiger partial charge in [-0.2, -0.15) is 0 Å². The summed E-state index contributed by atoms with van der Waals surface area (Å²) in [4.78, 5) is 40.9. The lowest BCUT2D eigenvalue weighted by atomic mass is 9.95. The van der Waals surface area contributed by atoms with Crippen LogP contribution in [0.5, 0.6) is 0 Å². The molecule has 0 aliphatic carbocycles. The Morgan fingerprint density at radius 1 is 0.220 bits per heavy atom. The highest BCUT2D eigenvalue weighted by Gasteiger charge is 2.36. The van der Waals surface area contributed by atoms with Crippen molar-refractivity contribution in [1.29, 1.82) is 0 Å². The van der Waals surface area contributed by atoms with Crippen LogP contribution in [0.25, 0.3) is 215 Å². The van der Waals surface area contributed by atoms with E-state index in [4.69, 9.17) is 41.3 Å². The number of aromatic nitrogens is 12. The third-order valence-electron chi connectivity index (χ3n) is 28.2. The molecule has 0 amide bonds. The third kappa shape index (κ3) is 14.3. The molecule has 8 aromatic heterocycles. The molecule has 0 aliphatic heterocycles. The number of para-hydroxylation sites is 4. The summed E-state index contributed by atoms with van der Waals surface area (Å²) in [5.41, 5.74) is 33.9. The molecule has 26 rings (SSSR count). The smallest absolute Gasteiger partial charge is 0.219 e. The molecular weight excluding hydrogens is 1720 g/mol. The van der Waals surface area contributed by atoms with Crippen LogP contribution in [0.15, 0.2) is 376 Å². The highest BCUT2D eigenvalue weighted by molar-refractivity contribution is 6.17.